The third-order valence-electron chi connectivity index (χ3n) is 3.53. The van der Waals surface area contributed by atoms with Crippen LogP contribution in [0.1, 0.15) is 12.0 Å². The lowest BCUT2D eigenvalue weighted by Crippen LogP contribution is -2.37. The van der Waals surface area contributed by atoms with Crippen molar-refractivity contribution in [1.29, 1.82) is 0 Å². The molecule has 1 aromatic carbocycles. The second-order valence-corrected chi connectivity index (χ2v) is 5.15. The van der Waals surface area contributed by atoms with E-state index in [0.29, 0.717) is 31.6 Å². The fourth-order valence-corrected chi connectivity index (χ4v) is 2.49. The summed E-state index contributed by atoms with van der Waals surface area (Å²) in [6.45, 7) is 0.616. The van der Waals surface area contributed by atoms with Crippen molar-refractivity contribution in [3.05, 3.63) is 23.8 Å². The molecule has 0 unspecified atom stereocenters. The summed E-state index contributed by atoms with van der Waals surface area (Å²) in [5.41, 5.74) is 2.35. The Labute approximate surface area is 128 Å². The van der Waals surface area contributed by atoms with E-state index in [1.807, 2.05) is 6.07 Å². The number of carbonyl (C=O) groups excluding carboxylic acids is 2. The first kappa shape index (κ1) is 16.4. The summed E-state index contributed by atoms with van der Waals surface area (Å²) >= 11 is 0. The van der Waals surface area contributed by atoms with Gasteiger partial charge in [0.25, 0.3) is 0 Å². The van der Waals surface area contributed by atoms with Crippen LogP contribution < -0.4 is 10.6 Å². The number of fused-ring (bicyclic) bond motifs is 1. The first-order chi connectivity index (χ1) is 10.6. The highest BCUT2D eigenvalue weighted by Gasteiger charge is 2.19. The maximum Gasteiger partial charge on any atom is 0.238 e. The number of aliphatic hydroxyl groups excluding tert-OH is 2. The molecule has 4 N–H and O–H groups in total. The Morgan fingerprint density at radius 1 is 1.23 bits per heavy atom. The smallest absolute Gasteiger partial charge is 0.238 e. The molecule has 1 aromatic rings. The van der Waals surface area contributed by atoms with Gasteiger partial charge >= 0.3 is 0 Å². The lowest BCUT2D eigenvalue weighted by molar-refractivity contribution is -0.117. The second-order valence-electron chi connectivity index (χ2n) is 5.15. The Kier molecular flexibility index (Phi) is 5.88. The van der Waals surface area contributed by atoms with Crippen molar-refractivity contribution in [3.8, 4) is 0 Å². The Morgan fingerprint density at radius 3 is 2.64 bits per heavy atom. The molecule has 0 aliphatic carbocycles. The predicted molar refractivity (Wildman–Crippen MR) is 82.6 cm³/mol. The molecule has 0 fully saturated rings. The zero-order valence-corrected chi connectivity index (χ0v) is 12.3. The van der Waals surface area contributed by atoms with E-state index in [4.69, 9.17) is 10.2 Å². The number of anilines is 2. The first-order valence-electron chi connectivity index (χ1n) is 7.29. The number of nitrogens with one attached hydrogen (secondary N) is 2. The summed E-state index contributed by atoms with van der Waals surface area (Å²) in [7, 11) is 0. The largest absolute Gasteiger partial charge is 0.395 e. The monoisotopic (exact) mass is 307 g/mol. The molecule has 120 valence electrons. The average Bonchev–Trinajstić information content (AvgIpc) is 2.47. The zero-order valence-electron chi connectivity index (χ0n) is 12.3. The summed E-state index contributed by atoms with van der Waals surface area (Å²) in [5.74, 6) is -0.236. The zero-order chi connectivity index (χ0) is 15.9. The molecule has 0 saturated heterocycles. The number of hydrogen-bond acceptors (Lipinski definition) is 5. The van der Waals surface area contributed by atoms with Crippen LogP contribution in [-0.4, -0.2) is 59.8 Å². The van der Waals surface area contributed by atoms with Crippen LogP contribution in [0.4, 0.5) is 11.4 Å². The van der Waals surface area contributed by atoms with Crippen molar-refractivity contribution in [2.24, 2.45) is 0 Å². The van der Waals surface area contributed by atoms with Crippen molar-refractivity contribution < 1.29 is 19.8 Å². The number of nitrogens with zero attached hydrogens (tertiary/aromatic N) is 1. The maximum absolute atomic E-state index is 12.1. The molecule has 2 amide bonds. The maximum atomic E-state index is 12.1. The standard InChI is InChI=1S/C15H21N3O4/c19-8-6-18(7-9-20)10-15(22)17-13-3-1-2-12-11(13)4-5-14(21)16-12/h1-3,19-20H,4-10H2,(H,16,21)(H,17,22). The van der Waals surface area contributed by atoms with E-state index < -0.39 is 0 Å². The number of carbonyl (C=O) groups is 2. The fourth-order valence-electron chi connectivity index (χ4n) is 2.49. The number of rotatable bonds is 7. The summed E-state index contributed by atoms with van der Waals surface area (Å²) in [6, 6.07) is 5.39. The molecule has 7 nitrogen and oxygen atoms in total. The molecule has 0 aromatic heterocycles. The van der Waals surface area contributed by atoms with Crippen molar-refractivity contribution in [1.82, 2.24) is 4.90 Å². The second kappa shape index (κ2) is 7.88. The van der Waals surface area contributed by atoms with E-state index in [0.717, 1.165) is 11.3 Å². The Bertz CT molecular complexity index is 542. The minimum atomic E-state index is -0.216. The van der Waals surface area contributed by atoms with Gasteiger partial charge in [-0.2, -0.15) is 0 Å². The molecule has 0 atom stereocenters. The molecule has 2 rings (SSSR count). The van der Waals surface area contributed by atoms with Gasteiger partial charge in [0, 0.05) is 30.9 Å². The van der Waals surface area contributed by atoms with Crippen LogP contribution in [-0.2, 0) is 16.0 Å². The summed E-state index contributed by atoms with van der Waals surface area (Å²) in [6.07, 6.45) is 0.996. The quantitative estimate of drug-likeness (QED) is 0.559. The fraction of sp³-hybridized carbons (Fsp3) is 0.467. The van der Waals surface area contributed by atoms with Crippen LogP contribution in [0.2, 0.25) is 0 Å². The summed E-state index contributed by atoms with van der Waals surface area (Å²) in [4.78, 5) is 25.2. The van der Waals surface area contributed by atoms with Gasteiger partial charge in [-0.1, -0.05) is 6.07 Å². The van der Waals surface area contributed by atoms with Crippen LogP contribution in [0, 0.1) is 0 Å². The highest BCUT2D eigenvalue weighted by atomic mass is 16.3. The van der Waals surface area contributed by atoms with E-state index in [1.165, 1.54) is 0 Å². The molecule has 0 bridgehead atoms. The van der Waals surface area contributed by atoms with Crippen molar-refractivity contribution in [3.63, 3.8) is 0 Å². The molecule has 7 heteroatoms. The Balaban J connectivity index is 2.02. The molecule has 1 aliphatic heterocycles. The van der Waals surface area contributed by atoms with Crippen LogP contribution in [0.3, 0.4) is 0 Å². The molecular formula is C15H21N3O4. The van der Waals surface area contributed by atoms with Gasteiger partial charge in [-0.05, 0) is 24.1 Å². The number of benzene rings is 1. The summed E-state index contributed by atoms with van der Waals surface area (Å²) in [5, 5.41) is 23.5. The van der Waals surface area contributed by atoms with Gasteiger partial charge in [0.1, 0.15) is 0 Å². The minimum Gasteiger partial charge on any atom is -0.395 e. The third kappa shape index (κ3) is 4.27. The lowest BCUT2D eigenvalue weighted by atomic mass is 10.0. The SMILES string of the molecule is O=C1CCc2c(cccc2NC(=O)CN(CCO)CCO)N1. The first-order valence-corrected chi connectivity index (χ1v) is 7.29. The molecule has 0 spiro atoms. The van der Waals surface area contributed by atoms with Gasteiger partial charge in [0.15, 0.2) is 0 Å². The van der Waals surface area contributed by atoms with Crippen molar-refractivity contribution >= 4 is 23.2 Å². The Morgan fingerprint density at radius 2 is 1.95 bits per heavy atom. The van der Waals surface area contributed by atoms with Gasteiger partial charge in [-0.25, -0.2) is 0 Å². The van der Waals surface area contributed by atoms with Crippen LogP contribution in [0.5, 0.6) is 0 Å². The molecule has 0 radical (unpaired) electrons. The highest BCUT2D eigenvalue weighted by Crippen LogP contribution is 2.29. The molecule has 1 heterocycles. The summed E-state index contributed by atoms with van der Waals surface area (Å²) < 4.78 is 0. The van der Waals surface area contributed by atoms with Gasteiger partial charge in [-0.3, -0.25) is 14.5 Å². The molecular weight excluding hydrogens is 286 g/mol. The topological polar surface area (TPSA) is 102 Å². The van der Waals surface area contributed by atoms with Crippen LogP contribution in [0.15, 0.2) is 18.2 Å². The van der Waals surface area contributed by atoms with Crippen molar-refractivity contribution in [2.45, 2.75) is 12.8 Å². The molecule has 1 aliphatic rings. The van der Waals surface area contributed by atoms with E-state index in [9.17, 15) is 9.59 Å². The van der Waals surface area contributed by atoms with E-state index in [1.54, 1.807) is 17.0 Å². The van der Waals surface area contributed by atoms with E-state index in [2.05, 4.69) is 10.6 Å². The normalized spacial score (nSPS) is 13.7. The third-order valence-corrected chi connectivity index (χ3v) is 3.53. The van der Waals surface area contributed by atoms with Crippen LogP contribution in [0.25, 0.3) is 0 Å². The van der Waals surface area contributed by atoms with Gasteiger partial charge < -0.3 is 20.8 Å². The van der Waals surface area contributed by atoms with E-state index >= 15 is 0 Å². The lowest BCUT2D eigenvalue weighted by Gasteiger charge is -2.22. The van der Waals surface area contributed by atoms with Gasteiger partial charge in [0.05, 0.1) is 19.8 Å². The van der Waals surface area contributed by atoms with Gasteiger partial charge in [-0.15, -0.1) is 0 Å². The molecule has 0 saturated carbocycles. The van der Waals surface area contributed by atoms with Gasteiger partial charge in [0.2, 0.25) is 11.8 Å². The number of amides is 2. The molecule has 22 heavy (non-hydrogen) atoms. The Hall–Kier alpha value is -1.96. The number of hydrogen-bond donors (Lipinski definition) is 4. The highest BCUT2D eigenvalue weighted by molar-refractivity contribution is 5.98. The van der Waals surface area contributed by atoms with E-state index in [-0.39, 0.29) is 31.6 Å². The van der Waals surface area contributed by atoms with Crippen LogP contribution >= 0.6 is 0 Å². The number of aliphatic hydroxyl groups is 2. The predicted octanol–water partition coefficient (Wildman–Crippen LogP) is -0.204. The minimum absolute atomic E-state index is 0.0203. The van der Waals surface area contributed by atoms with Crippen molar-refractivity contribution in [2.75, 3.05) is 43.5 Å². The average molecular weight is 307 g/mol.